The average Bonchev–Trinajstić information content (AvgIpc) is 2.87. The highest BCUT2D eigenvalue weighted by Gasteiger charge is 2.12. The van der Waals surface area contributed by atoms with Gasteiger partial charge in [-0.25, -0.2) is 15.5 Å². The molecule has 2 heterocycles. The molecule has 0 bridgehead atoms. The summed E-state index contributed by atoms with van der Waals surface area (Å²) in [5.41, 5.74) is 2.74. The Morgan fingerprint density at radius 1 is 1.44 bits per heavy atom. The number of nitrogens with two attached hydrogens (primary N) is 1. The van der Waals surface area contributed by atoms with Gasteiger partial charge in [0.2, 0.25) is 0 Å². The van der Waals surface area contributed by atoms with Crippen LogP contribution >= 0.6 is 0 Å². The molecule has 0 unspecified atom stereocenters. The topological polar surface area (TPSA) is 102 Å². The van der Waals surface area contributed by atoms with Crippen molar-refractivity contribution in [3.63, 3.8) is 0 Å². The van der Waals surface area contributed by atoms with Gasteiger partial charge >= 0.3 is 0 Å². The number of aromatic nitrogens is 4. The predicted molar refractivity (Wildman–Crippen MR) is 65.0 cm³/mol. The van der Waals surface area contributed by atoms with Crippen LogP contribution < -0.4 is 11.3 Å². The maximum atomic E-state index is 11.7. The van der Waals surface area contributed by atoms with Gasteiger partial charge in [0.15, 0.2) is 17.3 Å². The first-order valence-corrected chi connectivity index (χ1v) is 5.18. The minimum absolute atomic E-state index is 0.171. The molecule has 3 N–H and O–H groups in total. The highest BCUT2D eigenvalue weighted by molar-refractivity contribution is 5.91. The van der Waals surface area contributed by atoms with Crippen molar-refractivity contribution in [2.75, 3.05) is 19.5 Å². The van der Waals surface area contributed by atoms with Crippen LogP contribution in [0.5, 0.6) is 0 Å². The lowest BCUT2D eigenvalue weighted by Crippen LogP contribution is -2.22. The van der Waals surface area contributed by atoms with Crippen molar-refractivity contribution in [1.82, 2.24) is 24.6 Å². The standard InChI is InChI=1S/C10H13N7O/c1-16(2)10(18)7-3-4-17(15-7)9-6-12-5-8(13-9)14-11/h3-6H,11H2,1-2H3,(H,13,14). The highest BCUT2D eigenvalue weighted by Crippen LogP contribution is 2.07. The average molecular weight is 247 g/mol. The van der Waals surface area contributed by atoms with E-state index in [0.29, 0.717) is 17.3 Å². The molecule has 2 aromatic rings. The molecule has 0 saturated heterocycles. The third kappa shape index (κ3) is 2.28. The van der Waals surface area contributed by atoms with Crippen LogP contribution in [0.4, 0.5) is 5.82 Å². The second kappa shape index (κ2) is 4.80. The summed E-state index contributed by atoms with van der Waals surface area (Å²) >= 11 is 0. The van der Waals surface area contributed by atoms with E-state index in [1.807, 2.05) is 0 Å². The number of nitrogen functional groups attached to an aromatic ring is 1. The van der Waals surface area contributed by atoms with Crippen molar-refractivity contribution in [3.05, 3.63) is 30.4 Å². The van der Waals surface area contributed by atoms with Crippen LogP contribution in [0.2, 0.25) is 0 Å². The molecular formula is C10H13N7O. The van der Waals surface area contributed by atoms with E-state index in [0.717, 1.165) is 0 Å². The van der Waals surface area contributed by atoms with Gasteiger partial charge in [0.25, 0.3) is 5.91 Å². The van der Waals surface area contributed by atoms with E-state index in [9.17, 15) is 4.79 Å². The van der Waals surface area contributed by atoms with E-state index in [1.165, 1.54) is 22.0 Å². The number of amides is 1. The second-order valence-corrected chi connectivity index (χ2v) is 3.75. The summed E-state index contributed by atoms with van der Waals surface area (Å²) < 4.78 is 1.46. The smallest absolute Gasteiger partial charge is 0.273 e. The molecular weight excluding hydrogens is 234 g/mol. The lowest BCUT2D eigenvalue weighted by Gasteiger charge is -2.07. The Balaban J connectivity index is 2.32. The zero-order valence-electron chi connectivity index (χ0n) is 10.0. The number of hydrogen-bond donors (Lipinski definition) is 2. The van der Waals surface area contributed by atoms with Gasteiger partial charge in [0, 0.05) is 20.3 Å². The first-order valence-electron chi connectivity index (χ1n) is 5.18. The van der Waals surface area contributed by atoms with E-state index in [4.69, 9.17) is 5.84 Å². The van der Waals surface area contributed by atoms with E-state index >= 15 is 0 Å². The van der Waals surface area contributed by atoms with Crippen LogP contribution in [0.15, 0.2) is 24.7 Å². The molecule has 8 nitrogen and oxygen atoms in total. The molecule has 2 aromatic heterocycles. The fraction of sp³-hybridized carbons (Fsp3) is 0.200. The van der Waals surface area contributed by atoms with E-state index in [-0.39, 0.29) is 5.91 Å². The fourth-order valence-electron chi connectivity index (χ4n) is 1.33. The van der Waals surface area contributed by atoms with Crippen molar-refractivity contribution in [2.24, 2.45) is 5.84 Å². The van der Waals surface area contributed by atoms with Crippen LogP contribution in [0.3, 0.4) is 0 Å². The van der Waals surface area contributed by atoms with Crippen LogP contribution in [0.1, 0.15) is 10.5 Å². The van der Waals surface area contributed by atoms with Crippen LogP contribution in [0.25, 0.3) is 5.82 Å². The molecule has 0 radical (unpaired) electrons. The van der Waals surface area contributed by atoms with Gasteiger partial charge in [0.05, 0.1) is 12.4 Å². The van der Waals surface area contributed by atoms with Crippen LogP contribution in [0, 0.1) is 0 Å². The van der Waals surface area contributed by atoms with E-state index in [2.05, 4.69) is 20.5 Å². The van der Waals surface area contributed by atoms with Gasteiger partial charge < -0.3 is 10.3 Å². The third-order valence-electron chi connectivity index (χ3n) is 2.22. The maximum absolute atomic E-state index is 11.7. The highest BCUT2D eigenvalue weighted by atomic mass is 16.2. The Morgan fingerprint density at radius 3 is 2.89 bits per heavy atom. The zero-order valence-corrected chi connectivity index (χ0v) is 10.0. The molecule has 18 heavy (non-hydrogen) atoms. The van der Waals surface area contributed by atoms with Crippen LogP contribution in [-0.2, 0) is 0 Å². The third-order valence-corrected chi connectivity index (χ3v) is 2.22. The summed E-state index contributed by atoms with van der Waals surface area (Å²) in [4.78, 5) is 21.3. The summed E-state index contributed by atoms with van der Waals surface area (Å²) in [6, 6.07) is 1.62. The first kappa shape index (κ1) is 12.0. The van der Waals surface area contributed by atoms with Crippen LogP contribution in [-0.4, -0.2) is 44.7 Å². The Labute approximate surface area is 103 Å². The normalized spacial score (nSPS) is 10.2. The number of hydrogen-bond acceptors (Lipinski definition) is 6. The number of carbonyl (C=O) groups excluding carboxylic acids is 1. The second-order valence-electron chi connectivity index (χ2n) is 3.75. The van der Waals surface area contributed by atoms with E-state index in [1.54, 1.807) is 26.4 Å². The first-order chi connectivity index (χ1) is 8.61. The summed E-state index contributed by atoms with van der Waals surface area (Å²) in [5, 5.41) is 4.13. The molecule has 0 aromatic carbocycles. The molecule has 1 amide bonds. The largest absolute Gasteiger partial charge is 0.343 e. The predicted octanol–water partition coefficient (Wildman–Crippen LogP) is -0.350. The molecule has 0 spiro atoms. The van der Waals surface area contributed by atoms with Crippen molar-refractivity contribution in [3.8, 4) is 5.82 Å². The molecule has 94 valence electrons. The lowest BCUT2D eigenvalue weighted by molar-refractivity contribution is 0.0821. The van der Waals surface area contributed by atoms with Crippen molar-refractivity contribution in [2.45, 2.75) is 0 Å². The summed E-state index contributed by atoms with van der Waals surface area (Å²) in [6.45, 7) is 0. The van der Waals surface area contributed by atoms with Gasteiger partial charge in [-0.15, -0.1) is 0 Å². The number of nitrogens with one attached hydrogen (secondary N) is 1. The molecule has 0 fully saturated rings. The Hall–Kier alpha value is -2.48. The number of nitrogens with zero attached hydrogens (tertiary/aromatic N) is 5. The van der Waals surface area contributed by atoms with Gasteiger partial charge in [-0.2, -0.15) is 5.10 Å². The molecule has 2 rings (SSSR count). The summed E-state index contributed by atoms with van der Waals surface area (Å²) in [5.74, 6) is 5.97. The zero-order chi connectivity index (χ0) is 13.1. The van der Waals surface area contributed by atoms with Crippen molar-refractivity contribution >= 4 is 11.7 Å². The quantitative estimate of drug-likeness (QED) is 0.567. The lowest BCUT2D eigenvalue weighted by atomic mass is 10.4. The minimum atomic E-state index is -0.171. The van der Waals surface area contributed by atoms with Gasteiger partial charge in [-0.1, -0.05) is 0 Å². The Morgan fingerprint density at radius 2 is 2.22 bits per heavy atom. The molecule has 0 aliphatic carbocycles. The monoisotopic (exact) mass is 247 g/mol. The van der Waals surface area contributed by atoms with Crippen molar-refractivity contribution in [1.29, 1.82) is 0 Å². The van der Waals surface area contributed by atoms with Gasteiger partial charge in [-0.05, 0) is 6.07 Å². The number of rotatable bonds is 3. The molecule has 0 aliphatic rings. The summed E-state index contributed by atoms with van der Waals surface area (Å²) in [7, 11) is 3.33. The molecule has 0 saturated carbocycles. The number of carbonyl (C=O) groups is 1. The Kier molecular flexibility index (Phi) is 3.20. The molecule has 8 heteroatoms. The maximum Gasteiger partial charge on any atom is 0.273 e. The summed E-state index contributed by atoms with van der Waals surface area (Å²) in [6.07, 6.45) is 4.65. The SMILES string of the molecule is CN(C)C(=O)c1ccn(-c2cncc(NN)n2)n1. The molecule has 0 atom stereocenters. The minimum Gasteiger partial charge on any atom is -0.343 e. The van der Waals surface area contributed by atoms with Crippen molar-refractivity contribution < 1.29 is 4.79 Å². The van der Waals surface area contributed by atoms with Gasteiger partial charge in [-0.3, -0.25) is 9.78 Å². The fourth-order valence-corrected chi connectivity index (χ4v) is 1.33. The number of anilines is 1. The molecule has 0 aliphatic heterocycles. The van der Waals surface area contributed by atoms with E-state index < -0.39 is 0 Å². The van der Waals surface area contributed by atoms with Gasteiger partial charge in [0.1, 0.15) is 0 Å². The number of hydrazine groups is 1. The Bertz CT molecular complexity index is 563.